The first-order chi connectivity index (χ1) is 7.91. The fourth-order valence-electron chi connectivity index (χ4n) is 1.97. The number of hydrogen-bond donors (Lipinski definition) is 1. The first-order valence-corrected chi connectivity index (χ1v) is 7.06. The Kier molecular flexibility index (Phi) is 12.1. The van der Waals surface area contributed by atoms with Crippen LogP contribution in [0.1, 0.15) is 84.0 Å². The lowest BCUT2D eigenvalue weighted by molar-refractivity contribution is 0.545. The molecule has 0 aromatic heterocycles. The molecule has 0 radical (unpaired) electrons. The highest BCUT2D eigenvalue weighted by atomic mass is 14.5. The van der Waals surface area contributed by atoms with Crippen molar-refractivity contribution < 1.29 is 1.41 Å². The number of hydrogen-bond acceptors (Lipinski definition) is 1. The van der Waals surface area contributed by atoms with Gasteiger partial charge in [0, 0.05) is 0 Å². The Hall–Kier alpha value is -0.0400. The van der Waals surface area contributed by atoms with Crippen molar-refractivity contribution in [2.45, 2.75) is 84.0 Å². The molecule has 1 nitrogen and oxygen atoms in total. The van der Waals surface area contributed by atoms with Crippen molar-refractivity contribution in [1.29, 1.82) is 0 Å². The van der Waals surface area contributed by atoms with Crippen LogP contribution < -0.4 is 5.73 Å². The quantitative estimate of drug-likeness (QED) is 0.444. The van der Waals surface area contributed by atoms with Crippen LogP contribution in [0.15, 0.2) is 0 Å². The molecule has 0 amide bonds. The molecule has 2 N–H and O–H groups in total. The van der Waals surface area contributed by atoms with Crippen molar-refractivity contribution >= 4 is 0 Å². The van der Waals surface area contributed by atoms with Crippen LogP contribution in [0.4, 0.5) is 0 Å². The zero-order valence-electron chi connectivity index (χ0n) is 11.7. The highest BCUT2D eigenvalue weighted by Crippen LogP contribution is 2.11. The van der Waals surface area contributed by atoms with Gasteiger partial charge in [-0.1, -0.05) is 77.6 Å². The van der Waals surface area contributed by atoms with Gasteiger partial charge < -0.3 is 5.73 Å². The van der Waals surface area contributed by atoms with Crippen molar-refractivity contribution in [3.05, 3.63) is 0 Å². The Labute approximate surface area is 98.3 Å². The van der Waals surface area contributed by atoms with Gasteiger partial charge in [-0.05, 0) is 13.0 Å². The van der Waals surface area contributed by atoms with E-state index in [0.717, 1.165) is 6.54 Å². The van der Waals surface area contributed by atoms with Gasteiger partial charge in [-0.25, -0.2) is 0 Å². The molecule has 0 saturated carbocycles. The summed E-state index contributed by atoms with van der Waals surface area (Å²) in [7, 11) is 0. The van der Waals surface area contributed by atoms with Crippen LogP contribution in [0.25, 0.3) is 0 Å². The maximum atomic E-state index is 6.79. The van der Waals surface area contributed by atoms with Gasteiger partial charge in [0.1, 0.15) is 1.41 Å². The maximum Gasteiger partial charge on any atom is 0.118 e. The Morgan fingerprint density at radius 2 is 1.07 bits per heavy atom. The molecule has 0 aromatic carbocycles. The SMILES string of the molecule is [2H]NCCCCCCCCCCCCCC. The van der Waals surface area contributed by atoms with E-state index in [1.54, 1.807) is 0 Å². The molecule has 0 saturated heterocycles. The predicted molar refractivity (Wildman–Crippen MR) is 70.1 cm³/mol. The second kappa shape index (κ2) is 14.0. The van der Waals surface area contributed by atoms with E-state index in [2.05, 4.69) is 12.7 Å². The lowest BCUT2D eigenvalue weighted by Crippen LogP contribution is -1.97. The highest BCUT2D eigenvalue weighted by Gasteiger charge is 1.92. The van der Waals surface area contributed by atoms with Crippen molar-refractivity contribution in [1.82, 2.24) is 0 Å². The first kappa shape index (κ1) is 13.0. The molecule has 0 fully saturated rings. The van der Waals surface area contributed by atoms with Gasteiger partial charge in [-0.3, -0.25) is 0 Å². The van der Waals surface area contributed by atoms with Gasteiger partial charge >= 0.3 is 0 Å². The van der Waals surface area contributed by atoms with Gasteiger partial charge in [0.05, 0.1) is 0 Å². The molecule has 0 aliphatic rings. The molecule has 0 rings (SSSR count). The maximum absolute atomic E-state index is 6.79. The molecule has 0 spiro atoms. The van der Waals surface area contributed by atoms with E-state index in [4.69, 9.17) is 1.41 Å². The molecule has 0 heterocycles. The molecule has 0 aliphatic carbocycles. The summed E-state index contributed by atoms with van der Waals surface area (Å²) in [6.45, 7) is 3.13. The molecule has 0 unspecified atom stereocenters. The van der Waals surface area contributed by atoms with Gasteiger partial charge in [0.2, 0.25) is 0 Å². The lowest BCUT2D eigenvalue weighted by atomic mass is 10.1. The van der Waals surface area contributed by atoms with Gasteiger partial charge in [0.15, 0.2) is 0 Å². The standard InChI is InChI=1S/C14H31N/c1-2-3-4-5-6-7-8-9-10-11-12-13-14-15/h2-15H2,1H3/i/hD. The number of unbranched alkanes of at least 4 members (excludes halogenated alkanes) is 11. The molecule has 0 aromatic rings. The normalized spacial score (nSPS) is 11.7. The molecule has 1 heteroatoms. The molecular formula is C14H31N. The fourth-order valence-corrected chi connectivity index (χ4v) is 1.97. The van der Waals surface area contributed by atoms with Crippen LogP contribution in [0.3, 0.4) is 0 Å². The third-order valence-corrected chi connectivity index (χ3v) is 3.03. The zero-order chi connectivity index (χ0) is 11.9. The smallest absolute Gasteiger partial charge is 0.118 e. The van der Waals surface area contributed by atoms with E-state index in [1.165, 1.54) is 77.0 Å². The first-order valence-electron chi connectivity index (χ1n) is 7.56. The molecule has 0 aliphatic heterocycles. The summed E-state index contributed by atoms with van der Waals surface area (Å²) in [5.41, 5.74) is 2.45. The summed E-state index contributed by atoms with van der Waals surface area (Å²) >= 11 is 0. The van der Waals surface area contributed by atoms with Crippen LogP contribution in [-0.2, 0) is 0 Å². The van der Waals surface area contributed by atoms with Crippen molar-refractivity contribution in [3.8, 4) is 0 Å². The minimum absolute atomic E-state index is 0.859. The second-order valence-electron chi connectivity index (χ2n) is 4.64. The molecule has 0 atom stereocenters. The van der Waals surface area contributed by atoms with Gasteiger partial charge in [-0.2, -0.15) is 0 Å². The van der Waals surface area contributed by atoms with Crippen molar-refractivity contribution in [3.63, 3.8) is 0 Å². The fraction of sp³-hybridized carbons (Fsp3) is 1.00. The summed E-state index contributed by atoms with van der Waals surface area (Å²) in [6.07, 6.45) is 16.6. The van der Waals surface area contributed by atoms with E-state index in [1.807, 2.05) is 0 Å². The van der Waals surface area contributed by atoms with Crippen molar-refractivity contribution in [2.75, 3.05) is 6.54 Å². The number of rotatable bonds is 13. The van der Waals surface area contributed by atoms with Crippen LogP contribution in [-0.4, -0.2) is 6.54 Å². The average molecular weight is 214 g/mol. The third kappa shape index (κ3) is 14.0. The predicted octanol–water partition coefficient (Wildman–Crippen LogP) is 4.65. The molecule has 92 valence electrons. The molecule has 15 heavy (non-hydrogen) atoms. The summed E-state index contributed by atoms with van der Waals surface area (Å²) in [5.74, 6) is 0. The largest absolute Gasteiger partial charge is 0.330 e. The van der Waals surface area contributed by atoms with E-state index in [9.17, 15) is 0 Å². The minimum Gasteiger partial charge on any atom is -0.330 e. The Bertz CT molecular complexity index is 103. The Morgan fingerprint density at radius 1 is 0.667 bits per heavy atom. The second-order valence-corrected chi connectivity index (χ2v) is 4.64. The Balaban J connectivity index is 2.83. The van der Waals surface area contributed by atoms with E-state index in [0.29, 0.717) is 0 Å². The van der Waals surface area contributed by atoms with Gasteiger partial charge in [0.25, 0.3) is 0 Å². The lowest BCUT2D eigenvalue weighted by Gasteiger charge is -2.01. The van der Waals surface area contributed by atoms with Crippen LogP contribution >= 0.6 is 0 Å². The van der Waals surface area contributed by atoms with Crippen LogP contribution in [0.5, 0.6) is 0 Å². The number of nitrogens with two attached hydrogens (primary N) is 1. The van der Waals surface area contributed by atoms with Crippen LogP contribution in [0.2, 0.25) is 1.41 Å². The van der Waals surface area contributed by atoms with E-state index >= 15 is 0 Å². The summed E-state index contributed by atoms with van der Waals surface area (Å²) in [4.78, 5) is 0. The summed E-state index contributed by atoms with van der Waals surface area (Å²) in [5, 5.41) is 0. The minimum atomic E-state index is 0.859. The summed E-state index contributed by atoms with van der Waals surface area (Å²) in [6, 6.07) is 0. The molecular weight excluding hydrogens is 182 g/mol. The average Bonchev–Trinajstić information content (AvgIpc) is 2.31. The van der Waals surface area contributed by atoms with Crippen molar-refractivity contribution in [2.24, 2.45) is 5.73 Å². The zero-order valence-corrected chi connectivity index (χ0v) is 10.7. The molecule has 0 bridgehead atoms. The monoisotopic (exact) mass is 214 g/mol. The van der Waals surface area contributed by atoms with E-state index in [-0.39, 0.29) is 0 Å². The topological polar surface area (TPSA) is 26.0 Å². The summed E-state index contributed by atoms with van der Waals surface area (Å²) < 4.78 is 6.79. The van der Waals surface area contributed by atoms with E-state index < -0.39 is 0 Å². The van der Waals surface area contributed by atoms with Gasteiger partial charge in [-0.15, -0.1) is 0 Å². The Morgan fingerprint density at radius 3 is 1.47 bits per heavy atom. The third-order valence-electron chi connectivity index (χ3n) is 3.03. The highest BCUT2D eigenvalue weighted by molar-refractivity contribution is 4.48. The van der Waals surface area contributed by atoms with Crippen LogP contribution in [0, 0.1) is 0 Å².